The lowest BCUT2D eigenvalue weighted by atomic mass is 10.1. The maximum atomic E-state index is 12.5. The smallest absolute Gasteiger partial charge is 0.276 e. The number of Topliss-reactive ketones (excluding diaryl/α,β-unsaturated/α-hetero) is 1. The number of anilines is 1. The van der Waals surface area contributed by atoms with Crippen LogP contribution in [0.2, 0.25) is 0 Å². The molecule has 1 N–H and O–H groups in total. The SMILES string of the molecule is CC(=O)c1ccc(NC(=O)c2cc(-c3ccc4c(c3)OCO4)n(C)n2)cc1. The first-order valence-corrected chi connectivity index (χ1v) is 8.38. The fourth-order valence-electron chi connectivity index (χ4n) is 2.89. The summed E-state index contributed by atoms with van der Waals surface area (Å²) in [6, 6.07) is 14.0. The number of rotatable bonds is 4. The quantitative estimate of drug-likeness (QED) is 0.720. The molecule has 2 heterocycles. The zero-order valence-corrected chi connectivity index (χ0v) is 14.9. The molecule has 4 rings (SSSR count). The number of nitrogens with zero attached hydrogens (tertiary/aromatic N) is 2. The lowest BCUT2D eigenvalue weighted by molar-refractivity contribution is 0.101. The van der Waals surface area contributed by atoms with E-state index in [-0.39, 0.29) is 18.5 Å². The second-order valence-electron chi connectivity index (χ2n) is 6.19. The Kier molecular flexibility index (Phi) is 4.12. The summed E-state index contributed by atoms with van der Waals surface area (Å²) in [4.78, 5) is 23.8. The summed E-state index contributed by atoms with van der Waals surface area (Å²) in [5.41, 5.74) is 3.14. The number of fused-ring (bicyclic) bond motifs is 1. The normalized spacial score (nSPS) is 12.1. The molecule has 7 nitrogen and oxygen atoms in total. The first-order chi connectivity index (χ1) is 13.0. The number of hydrogen-bond donors (Lipinski definition) is 1. The second kappa shape index (κ2) is 6.60. The summed E-state index contributed by atoms with van der Waals surface area (Å²) in [5.74, 6) is 1.03. The van der Waals surface area contributed by atoms with Crippen molar-refractivity contribution in [2.45, 2.75) is 6.92 Å². The molecule has 0 unspecified atom stereocenters. The summed E-state index contributed by atoms with van der Waals surface area (Å²) in [6.45, 7) is 1.71. The summed E-state index contributed by atoms with van der Waals surface area (Å²) < 4.78 is 12.4. The fourth-order valence-corrected chi connectivity index (χ4v) is 2.89. The predicted molar refractivity (Wildman–Crippen MR) is 99.2 cm³/mol. The van der Waals surface area contributed by atoms with Gasteiger partial charge in [0.15, 0.2) is 23.0 Å². The van der Waals surface area contributed by atoms with E-state index in [2.05, 4.69) is 10.4 Å². The Hall–Kier alpha value is -3.61. The average Bonchev–Trinajstić information content (AvgIpc) is 3.27. The van der Waals surface area contributed by atoms with E-state index in [1.807, 2.05) is 18.2 Å². The molecular weight excluding hydrogens is 346 g/mol. The molecule has 3 aromatic rings. The molecule has 0 bridgehead atoms. The minimum absolute atomic E-state index is 0.0222. The van der Waals surface area contributed by atoms with E-state index >= 15 is 0 Å². The van der Waals surface area contributed by atoms with E-state index in [1.54, 1.807) is 42.1 Å². The highest BCUT2D eigenvalue weighted by atomic mass is 16.7. The molecule has 1 aliphatic heterocycles. The van der Waals surface area contributed by atoms with Crippen molar-refractivity contribution in [1.29, 1.82) is 0 Å². The van der Waals surface area contributed by atoms with Gasteiger partial charge in [-0.2, -0.15) is 5.10 Å². The van der Waals surface area contributed by atoms with Crippen LogP contribution in [0, 0.1) is 0 Å². The number of ether oxygens (including phenoxy) is 2. The first-order valence-electron chi connectivity index (χ1n) is 8.38. The van der Waals surface area contributed by atoms with Crippen LogP contribution in [0.5, 0.6) is 11.5 Å². The van der Waals surface area contributed by atoms with Gasteiger partial charge < -0.3 is 14.8 Å². The van der Waals surface area contributed by atoms with Crippen LogP contribution in [-0.2, 0) is 7.05 Å². The number of aryl methyl sites for hydroxylation is 1. The van der Waals surface area contributed by atoms with E-state index < -0.39 is 0 Å². The van der Waals surface area contributed by atoms with Gasteiger partial charge in [-0.05, 0) is 55.5 Å². The summed E-state index contributed by atoms with van der Waals surface area (Å²) in [7, 11) is 1.78. The Labute approximate surface area is 155 Å². The van der Waals surface area contributed by atoms with Gasteiger partial charge in [0.05, 0.1) is 5.69 Å². The number of carbonyl (C=O) groups is 2. The van der Waals surface area contributed by atoms with Crippen molar-refractivity contribution < 1.29 is 19.1 Å². The molecule has 136 valence electrons. The van der Waals surface area contributed by atoms with Crippen LogP contribution in [0.3, 0.4) is 0 Å². The highest BCUT2D eigenvalue weighted by Gasteiger charge is 2.18. The molecule has 0 spiro atoms. The van der Waals surface area contributed by atoms with Crippen molar-refractivity contribution in [1.82, 2.24) is 9.78 Å². The number of ketones is 1. The number of carbonyl (C=O) groups excluding carboxylic acids is 2. The van der Waals surface area contributed by atoms with Gasteiger partial charge in [0.2, 0.25) is 6.79 Å². The van der Waals surface area contributed by atoms with Crippen molar-refractivity contribution in [2.75, 3.05) is 12.1 Å². The van der Waals surface area contributed by atoms with Gasteiger partial charge in [-0.1, -0.05) is 0 Å². The summed E-state index contributed by atoms with van der Waals surface area (Å²) >= 11 is 0. The fraction of sp³-hybridized carbons (Fsp3) is 0.150. The Morgan fingerprint density at radius 3 is 2.52 bits per heavy atom. The van der Waals surface area contributed by atoms with Gasteiger partial charge in [-0.3, -0.25) is 14.3 Å². The third kappa shape index (κ3) is 3.27. The summed E-state index contributed by atoms with van der Waals surface area (Å²) in [5, 5.41) is 7.09. The van der Waals surface area contributed by atoms with Crippen LogP contribution in [0.25, 0.3) is 11.3 Å². The average molecular weight is 363 g/mol. The predicted octanol–water partition coefficient (Wildman–Crippen LogP) is 3.27. The largest absolute Gasteiger partial charge is 0.454 e. The van der Waals surface area contributed by atoms with Crippen molar-refractivity contribution in [3.05, 3.63) is 59.8 Å². The Morgan fingerprint density at radius 2 is 1.78 bits per heavy atom. The Bertz CT molecular complexity index is 1040. The van der Waals surface area contributed by atoms with Crippen LogP contribution >= 0.6 is 0 Å². The van der Waals surface area contributed by atoms with Crippen molar-refractivity contribution >= 4 is 17.4 Å². The highest BCUT2D eigenvalue weighted by Crippen LogP contribution is 2.35. The van der Waals surface area contributed by atoms with Crippen LogP contribution in [0.15, 0.2) is 48.5 Å². The van der Waals surface area contributed by atoms with Gasteiger partial charge in [0, 0.05) is 23.9 Å². The number of amides is 1. The molecule has 0 saturated carbocycles. The standard InChI is InChI=1S/C20H17N3O4/c1-12(24)13-3-6-15(7-4-13)21-20(25)16-10-17(23(2)22-16)14-5-8-18-19(9-14)27-11-26-18/h3-10H,11H2,1-2H3,(H,21,25). The first kappa shape index (κ1) is 16.8. The minimum Gasteiger partial charge on any atom is -0.454 e. The van der Waals surface area contributed by atoms with Crippen molar-refractivity contribution in [3.8, 4) is 22.8 Å². The van der Waals surface area contributed by atoms with E-state index in [0.29, 0.717) is 28.4 Å². The Balaban J connectivity index is 1.55. The highest BCUT2D eigenvalue weighted by molar-refractivity contribution is 6.04. The lowest BCUT2D eigenvalue weighted by Gasteiger charge is -2.03. The van der Waals surface area contributed by atoms with Crippen molar-refractivity contribution in [3.63, 3.8) is 0 Å². The van der Waals surface area contributed by atoms with Crippen LogP contribution in [0.4, 0.5) is 5.69 Å². The molecule has 0 atom stereocenters. The van der Waals surface area contributed by atoms with Crippen LogP contribution in [-0.4, -0.2) is 28.3 Å². The molecule has 0 radical (unpaired) electrons. The monoisotopic (exact) mass is 363 g/mol. The number of hydrogen-bond acceptors (Lipinski definition) is 5. The third-order valence-corrected chi connectivity index (χ3v) is 4.33. The van der Waals surface area contributed by atoms with Crippen LogP contribution < -0.4 is 14.8 Å². The van der Waals surface area contributed by atoms with Gasteiger partial charge >= 0.3 is 0 Å². The lowest BCUT2D eigenvalue weighted by Crippen LogP contribution is -2.13. The van der Waals surface area contributed by atoms with E-state index in [1.165, 1.54) is 6.92 Å². The van der Waals surface area contributed by atoms with E-state index in [0.717, 1.165) is 11.3 Å². The maximum absolute atomic E-state index is 12.5. The van der Waals surface area contributed by atoms with Crippen molar-refractivity contribution in [2.24, 2.45) is 7.05 Å². The molecule has 2 aromatic carbocycles. The molecular formula is C20H17N3O4. The van der Waals surface area contributed by atoms with Gasteiger partial charge in [-0.25, -0.2) is 0 Å². The molecule has 7 heteroatoms. The Morgan fingerprint density at radius 1 is 1.04 bits per heavy atom. The molecule has 1 aliphatic rings. The van der Waals surface area contributed by atoms with Gasteiger partial charge in [0.25, 0.3) is 5.91 Å². The van der Waals surface area contributed by atoms with Crippen LogP contribution in [0.1, 0.15) is 27.8 Å². The van der Waals surface area contributed by atoms with E-state index in [9.17, 15) is 9.59 Å². The molecule has 27 heavy (non-hydrogen) atoms. The van der Waals surface area contributed by atoms with Gasteiger partial charge in [0.1, 0.15) is 0 Å². The number of benzene rings is 2. The molecule has 0 fully saturated rings. The molecule has 1 amide bonds. The molecule has 0 saturated heterocycles. The zero-order valence-electron chi connectivity index (χ0n) is 14.9. The third-order valence-electron chi connectivity index (χ3n) is 4.33. The number of nitrogens with one attached hydrogen (secondary N) is 1. The maximum Gasteiger partial charge on any atom is 0.276 e. The van der Waals surface area contributed by atoms with E-state index in [4.69, 9.17) is 9.47 Å². The van der Waals surface area contributed by atoms with Gasteiger partial charge in [-0.15, -0.1) is 0 Å². The minimum atomic E-state index is -0.326. The zero-order chi connectivity index (χ0) is 19.0. The topological polar surface area (TPSA) is 82.5 Å². The second-order valence-corrected chi connectivity index (χ2v) is 6.19. The molecule has 1 aromatic heterocycles. The molecule has 0 aliphatic carbocycles. The summed E-state index contributed by atoms with van der Waals surface area (Å²) in [6.07, 6.45) is 0. The number of aromatic nitrogens is 2.